The van der Waals surface area contributed by atoms with Crippen LogP contribution in [0.25, 0.3) is 11.6 Å². The number of anilines is 1. The van der Waals surface area contributed by atoms with Crippen LogP contribution >= 0.6 is 0 Å². The quantitative estimate of drug-likeness (QED) is 0.690. The number of pyridine rings is 1. The topological polar surface area (TPSA) is 74.8 Å². The molecule has 1 aromatic carbocycles. The summed E-state index contributed by atoms with van der Waals surface area (Å²) in [6, 6.07) is 12.3. The van der Waals surface area contributed by atoms with E-state index < -0.39 is 0 Å². The Bertz CT molecular complexity index is 1040. The Hall–Kier alpha value is -3.29. The number of nitrogens with zero attached hydrogens (tertiary/aromatic N) is 3. The maximum Gasteiger partial charge on any atom is 0.246 e. The number of ether oxygens (including phenoxy) is 1. The highest BCUT2D eigenvalue weighted by Crippen LogP contribution is 2.22. The van der Waals surface area contributed by atoms with Crippen LogP contribution in [0.1, 0.15) is 30.0 Å². The summed E-state index contributed by atoms with van der Waals surface area (Å²) in [5.41, 5.74) is 4.26. The van der Waals surface area contributed by atoms with E-state index in [0.29, 0.717) is 38.7 Å². The van der Waals surface area contributed by atoms with Gasteiger partial charge in [0.05, 0.1) is 13.2 Å². The van der Waals surface area contributed by atoms with Crippen molar-refractivity contribution < 1.29 is 14.3 Å². The van der Waals surface area contributed by atoms with E-state index in [-0.39, 0.29) is 11.8 Å². The van der Waals surface area contributed by atoms with Crippen molar-refractivity contribution in [3.63, 3.8) is 0 Å². The summed E-state index contributed by atoms with van der Waals surface area (Å²) in [7, 11) is 0. The van der Waals surface area contributed by atoms with Crippen molar-refractivity contribution in [2.75, 3.05) is 44.7 Å². The molecule has 1 aromatic heterocycles. The maximum absolute atomic E-state index is 12.7. The van der Waals surface area contributed by atoms with Gasteiger partial charge < -0.3 is 15.0 Å². The first-order chi connectivity index (χ1) is 16.1. The zero-order valence-corrected chi connectivity index (χ0v) is 19.0. The second-order valence-electron chi connectivity index (χ2n) is 8.31. The molecule has 7 nitrogen and oxygen atoms in total. The molecule has 172 valence electrons. The first-order valence-electron chi connectivity index (χ1n) is 11.4. The van der Waals surface area contributed by atoms with E-state index in [0.717, 1.165) is 30.6 Å². The van der Waals surface area contributed by atoms with Crippen molar-refractivity contribution in [2.24, 2.45) is 0 Å². The predicted octanol–water partition coefficient (Wildman–Crippen LogP) is 3.20. The summed E-state index contributed by atoms with van der Waals surface area (Å²) < 4.78 is 5.43. The molecular formula is C26H30N4O3. The summed E-state index contributed by atoms with van der Waals surface area (Å²) in [5, 5.41) is 2.81. The lowest BCUT2D eigenvalue weighted by molar-refractivity contribution is -0.125. The van der Waals surface area contributed by atoms with E-state index in [2.05, 4.69) is 33.4 Å². The first kappa shape index (κ1) is 22.9. The zero-order valence-electron chi connectivity index (χ0n) is 19.0. The molecule has 2 aliphatic rings. The van der Waals surface area contributed by atoms with E-state index in [4.69, 9.17) is 4.74 Å². The molecule has 1 N–H and O–H groups in total. The van der Waals surface area contributed by atoms with Gasteiger partial charge >= 0.3 is 0 Å². The number of benzene rings is 1. The van der Waals surface area contributed by atoms with E-state index >= 15 is 0 Å². The Morgan fingerprint density at radius 3 is 2.64 bits per heavy atom. The molecule has 0 unspecified atom stereocenters. The lowest BCUT2D eigenvalue weighted by Gasteiger charge is -2.27. The molecule has 0 saturated carbocycles. The van der Waals surface area contributed by atoms with Gasteiger partial charge in [0.15, 0.2) is 0 Å². The van der Waals surface area contributed by atoms with Gasteiger partial charge in [-0.3, -0.25) is 14.5 Å². The maximum atomic E-state index is 12.7. The molecule has 2 aliphatic heterocycles. The molecular weight excluding hydrogens is 416 g/mol. The van der Waals surface area contributed by atoms with Gasteiger partial charge in [-0.1, -0.05) is 36.4 Å². The monoisotopic (exact) mass is 446 g/mol. The van der Waals surface area contributed by atoms with Crippen LogP contribution in [0.3, 0.4) is 0 Å². The smallest absolute Gasteiger partial charge is 0.246 e. The highest BCUT2D eigenvalue weighted by Gasteiger charge is 2.17. The number of hydrogen-bond acceptors (Lipinski definition) is 5. The number of morpholine rings is 1. The van der Waals surface area contributed by atoms with Crippen molar-refractivity contribution in [1.29, 1.82) is 0 Å². The molecule has 0 spiro atoms. The van der Waals surface area contributed by atoms with Crippen LogP contribution in [0, 0.1) is 0 Å². The molecule has 2 aromatic rings. The summed E-state index contributed by atoms with van der Waals surface area (Å²) in [6.45, 7) is 6.53. The fourth-order valence-electron chi connectivity index (χ4n) is 4.08. The van der Waals surface area contributed by atoms with Crippen LogP contribution in [-0.2, 0) is 20.9 Å². The third-order valence-corrected chi connectivity index (χ3v) is 5.86. The Morgan fingerprint density at radius 1 is 1.15 bits per heavy atom. The van der Waals surface area contributed by atoms with Crippen molar-refractivity contribution >= 4 is 29.3 Å². The lowest BCUT2D eigenvalue weighted by atomic mass is 9.99. The van der Waals surface area contributed by atoms with Crippen LogP contribution < -0.4 is 5.32 Å². The van der Waals surface area contributed by atoms with Crippen LogP contribution in [0.2, 0.25) is 0 Å². The number of rotatable bonds is 6. The minimum absolute atomic E-state index is 0.0148. The highest BCUT2D eigenvalue weighted by molar-refractivity contribution is 5.92. The lowest BCUT2D eigenvalue weighted by Crippen LogP contribution is -2.36. The van der Waals surface area contributed by atoms with Gasteiger partial charge in [-0.25, -0.2) is 4.98 Å². The largest absolute Gasteiger partial charge is 0.379 e. The number of carbonyl (C=O) groups excluding carboxylic acids is 2. The fraction of sp³-hybridized carbons (Fsp3) is 0.346. The molecule has 1 saturated heterocycles. The van der Waals surface area contributed by atoms with E-state index in [1.807, 2.05) is 29.2 Å². The number of aromatic nitrogens is 1. The van der Waals surface area contributed by atoms with Gasteiger partial charge in [0.2, 0.25) is 11.8 Å². The standard InChI is InChI=1S/C26H30N4O3/c1-20(31)28-26-24(19-29-13-15-33-16-14-29)17-21(18-27-26)7-8-25(32)30-11-9-23(10-12-30)22-5-3-2-4-6-22/h2-9,17-18H,10-16,19H2,1H3,(H,27,28,31)/b8-7+. The minimum Gasteiger partial charge on any atom is -0.379 e. The molecule has 1 fully saturated rings. The summed E-state index contributed by atoms with van der Waals surface area (Å²) >= 11 is 0. The van der Waals surface area contributed by atoms with Crippen LogP contribution in [-0.4, -0.2) is 66.0 Å². The van der Waals surface area contributed by atoms with Gasteiger partial charge in [-0.05, 0) is 35.3 Å². The Kier molecular flexibility index (Phi) is 7.65. The molecule has 0 radical (unpaired) electrons. The average molecular weight is 447 g/mol. The average Bonchev–Trinajstić information content (AvgIpc) is 2.85. The fourth-order valence-corrected chi connectivity index (χ4v) is 4.08. The van der Waals surface area contributed by atoms with Crippen molar-refractivity contribution in [2.45, 2.75) is 19.9 Å². The number of nitrogens with one attached hydrogen (secondary N) is 1. The van der Waals surface area contributed by atoms with Crippen molar-refractivity contribution in [3.05, 3.63) is 71.4 Å². The molecule has 0 atom stereocenters. The molecule has 0 bridgehead atoms. The normalized spacial score (nSPS) is 17.1. The van der Waals surface area contributed by atoms with E-state index in [1.165, 1.54) is 18.1 Å². The second-order valence-corrected chi connectivity index (χ2v) is 8.31. The third kappa shape index (κ3) is 6.37. The van der Waals surface area contributed by atoms with Gasteiger partial charge in [-0.2, -0.15) is 0 Å². The number of hydrogen-bond donors (Lipinski definition) is 1. The molecule has 2 amide bonds. The minimum atomic E-state index is -0.155. The Labute approximate surface area is 194 Å². The summed E-state index contributed by atoms with van der Waals surface area (Å²) in [5.74, 6) is 0.392. The highest BCUT2D eigenvalue weighted by atomic mass is 16.5. The van der Waals surface area contributed by atoms with E-state index in [1.54, 1.807) is 18.3 Å². The van der Waals surface area contributed by atoms with Gasteiger partial charge in [0.1, 0.15) is 5.82 Å². The summed E-state index contributed by atoms with van der Waals surface area (Å²) in [6.07, 6.45) is 8.07. The third-order valence-electron chi connectivity index (χ3n) is 5.86. The summed E-state index contributed by atoms with van der Waals surface area (Å²) in [4.78, 5) is 32.9. The SMILES string of the molecule is CC(=O)Nc1ncc(/C=C/C(=O)N2CC=C(c3ccccc3)CC2)cc1CN1CCOCC1. The van der Waals surface area contributed by atoms with Crippen LogP contribution in [0.4, 0.5) is 5.82 Å². The van der Waals surface area contributed by atoms with Gasteiger partial charge in [-0.15, -0.1) is 0 Å². The van der Waals surface area contributed by atoms with Crippen molar-refractivity contribution in [1.82, 2.24) is 14.8 Å². The Morgan fingerprint density at radius 2 is 1.94 bits per heavy atom. The molecule has 33 heavy (non-hydrogen) atoms. The van der Waals surface area contributed by atoms with E-state index in [9.17, 15) is 9.59 Å². The van der Waals surface area contributed by atoms with Gasteiger partial charge in [0, 0.05) is 57.5 Å². The first-order valence-corrected chi connectivity index (χ1v) is 11.4. The van der Waals surface area contributed by atoms with Crippen LogP contribution in [0.15, 0.2) is 54.7 Å². The Balaban J connectivity index is 1.42. The predicted molar refractivity (Wildman–Crippen MR) is 129 cm³/mol. The molecule has 0 aliphatic carbocycles. The van der Waals surface area contributed by atoms with Crippen LogP contribution in [0.5, 0.6) is 0 Å². The van der Waals surface area contributed by atoms with Crippen molar-refractivity contribution in [3.8, 4) is 0 Å². The number of carbonyl (C=O) groups is 2. The molecule has 7 heteroatoms. The molecule has 3 heterocycles. The second kappa shape index (κ2) is 11.0. The zero-order chi connectivity index (χ0) is 23.0. The van der Waals surface area contributed by atoms with Gasteiger partial charge in [0.25, 0.3) is 0 Å². The molecule has 4 rings (SSSR count). The number of amides is 2.